The molecule has 1 saturated carbocycles. The molecule has 1 rings (SSSR count). The molecule has 0 nitrogen and oxygen atoms in total. The van der Waals surface area contributed by atoms with E-state index in [-0.39, 0.29) is 0 Å². The van der Waals surface area contributed by atoms with E-state index in [4.69, 9.17) is 0 Å². The van der Waals surface area contributed by atoms with Crippen molar-refractivity contribution in [2.75, 3.05) is 4.43 Å². The lowest BCUT2D eigenvalue weighted by Gasteiger charge is -2.34. The Morgan fingerprint density at radius 1 is 1.40 bits per heavy atom. The third-order valence-electron chi connectivity index (χ3n) is 2.80. The molecule has 0 aromatic heterocycles. The summed E-state index contributed by atoms with van der Waals surface area (Å²) in [5, 5.41) is 0. The zero-order chi connectivity index (χ0) is 7.61. The molecule has 0 amide bonds. The topological polar surface area (TPSA) is 0 Å². The Morgan fingerprint density at radius 2 is 1.90 bits per heavy atom. The average molecular weight is 252 g/mol. The SMILES string of the molecule is C[C@H]1CC[C@@](C)(CI)CC1. The molecule has 1 heteroatoms. The van der Waals surface area contributed by atoms with E-state index in [2.05, 4.69) is 36.4 Å². The van der Waals surface area contributed by atoms with Gasteiger partial charge in [-0.15, -0.1) is 0 Å². The maximum Gasteiger partial charge on any atom is 0.00493 e. The summed E-state index contributed by atoms with van der Waals surface area (Å²) in [6, 6.07) is 0. The lowest BCUT2D eigenvalue weighted by molar-refractivity contribution is 0.210. The van der Waals surface area contributed by atoms with Gasteiger partial charge in [-0.2, -0.15) is 0 Å². The van der Waals surface area contributed by atoms with Crippen molar-refractivity contribution < 1.29 is 0 Å². The van der Waals surface area contributed by atoms with Crippen LogP contribution in [0.4, 0.5) is 0 Å². The Morgan fingerprint density at radius 3 is 2.30 bits per heavy atom. The first-order chi connectivity index (χ1) is 4.66. The van der Waals surface area contributed by atoms with E-state index < -0.39 is 0 Å². The van der Waals surface area contributed by atoms with Gasteiger partial charge in [-0.25, -0.2) is 0 Å². The van der Waals surface area contributed by atoms with Crippen LogP contribution in [0.5, 0.6) is 0 Å². The van der Waals surface area contributed by atoms with Crippen LogP contribution in [0.1, 0.15) is 39.5 Å². The molecule has 0 aliphatic heterocycles. The summed E-state index contributed by atoms with van der Waals surface area (Å²) in [6.45, 7) is 4.82. The van der Waals surface area contributed by atoms with Crippen molar-refractivity contribution in [1.82, 2.24) is 0 Å². The fourth-order valence-corrected chi connectivity index (χ4v) is 2.36. The fraction of sp³-hybridized carbons (Fsp3) is 1.00. The normalized spacial score (nSPS) is 41.7. The standard InChI is InChI=1S/C9H17I/c1-8-3-5-9(2,7-10)6-4-8/h8H,3-7H2,1-2H3/t8-,9+. The van der Waals surface area contributed by atoms with Crippen LogP contribution in [0.2, 0.25) is 0 Å². The molecule has 10 heavy (non-hydrogen) atoms. The molecule has 0 saturated heterocycles. The van der Waals surface area contributed by atoms with Crippen molar-refractivity contribution in [2.24, 2.45) is 11.3 Å². The molecule has 0 unspecified atom stereocenters. The minimum atomic E-state index is 0.688. The van der Waals surface area contributed by atoms with Crippen LogP contribution in [-0.4, -0.2) is 4.43 Å². The van der Waals surface area contributed by atoms with Crippen LogP contribution in [0, 0.1) is 11.3 Å². The minimum absolute atomic E-state index is 0.688. The molecule has 0 spiro atoms. The van der Waals surface area contributed by atoms with E-state index in [1.165, 1.54) is 30.1 Å². The van der Waals surface area contributed by atoms with E-state index in [1.807, 2.05) is 0 Å². The highest BCUT2D eigenvalue weighted by Crippen LogP contribution is 2.39. The van der Waals surface area contributed by atoms with Crippen LogP contribution in [-0.2, 0) is 0 Å². The Kier molecular flexibility index (Phi) is 3.02. The highest BCUT2D eigenvalue weighted by Gasteiger charge is 2.27. The van der Waals surface area contributed by atoms with E-state index in [9.17, 15) is 0 Å². The average Bonchev–Trinajstić information content (AvgIpc) is 1.96. The Balaban J connectivity index is 2.38. The first-order valence-electron chi connectivity index (χ1n) is 4.22. The number of rotatable bonds is 1. The highest BCUT2D eigenvalue weighted by molar-refractivity contribution is 14.1. The molecule has 60 valence electrons. The van der Waals surface area contributed by atoms with Gasteiger partial charge in [0.1, 0.15) is 0 Å². The van der Waals surface area contributed by atoms with Crippen LogP contribution in [0.3, 0.4) is 0 Å². The molecule has 0 radical (unpaired) electrons. The second-order valence-corrected chi connectivity index (χ2v) is 4.89. The molecular weight excluding hydrogens is 235 g/mol. The molecule has 1 aliphatic carbocycles. The molecule has 0 aromatic rings. The second kappa shape index (κ2) is 3.42. The van der Waals surface area contributed by atoms with E-state index in [0.29, 0.717) is 5.41 Å². The van der Waals surface area contributed by atoms with Gasteiger partial charge in [-0.1, -0.05) is 49.3 Å². The number of halogens is 1. The zero-order valence-corrected chi connectivity index (χ0v) is 9.15. The smallest absolute Gasteiger partial charge is 0.00493 e. The lowest BCUT2D eigenvalue weighted by Crippen LogP contribution is -2.24. The van der Waals surface area contributed by atoms with Crippen LogP contribution in [0.15, 0.2) is 0 Å². The van der Waals surface area contributed by atoms with Crippen LogP contribution < -0.4 is 0 Å². The first kappa shape index (κ1) is 8.82. The van der Waals surface area contributed by atoms with Crippen molar-refractivity contribution in [3.63, 3.8) is 0 Å². The quantitative estimate of drug-likeness (QED) is 0.493. The molecule has 0 bridgehead atoms. The van der Waals surface area contributed by atoms with Gasteiger partial charge in [0.2, 0.25) is 0 Å². The van der Waals surface area contributed by atoms with Gasteiger partial charge in [0.25, 0.3) is 0 Å². The summed E-state index contributed by atoms with van der Waals surface area (Å²) >= 11 is 2.53. The summed E-state index contributed by atoms with van der Waals surface area (Å²) in [7, 11) is 0. The monoisotopic (exact) mass is 252 g/mol. The third-order valence-corrected chi connectivity index (χ3v) is 4.65. The van der Waals surface area contributed by atoms with Gasteiger partial charge in [0, 0.05) is 4.43 Å². The molecule has 0 atom stereocenters. The summed E-state index contributed by atoms with van der Waals surface area (Å²) in [5.74, 6) is 0.996. The fourth-order valence-electron chi connectivity index (χ4n) is 1.59. The van der Waals surface area contributed by atoms with Crippen molar-refractivity contribution >= 4 is 22.6 Å². The summed E-state index contributed by atoms with van der Waals surface area (Å²) in [4.78, 5) is 0. The maximum atomic E-state index is 2.53. The van der Waals surface area contributed by atoms with E-state index in [1.54, 1.807) is 0 Å². The molecule has 0 heterocycles. The number of hydrogen-bond acceptors (Lipinski definition) is 0. The maximum absolute atomic E-state index is 2.53. The van der Waals surface area contributed by atoms with Gasteiger partial charge in [0.15, 0.2) is 0 Å². The highest BCUT2D eigenvalue weighted by atomic mass is 127. The van der Waals surface area contributed by atoms with Crippen molar-refractivity contribution in [1.29, 1.82) is 0 Å². The van der Waals surface area contributed by atoms with Gasteiger partial charge < -0.3 is 0 Å². The van der Waals surface area contributed by atoms with E-state index >= 15 is 0 Å². The first-order valence-corrected chi connectivity index (χ1v) is 5.75. The van der Waals surface area contributed by atoms with E-state index in [0.717, 1.165) is 5.92 Å². The largest absolute Gasteiger partial charge is 0.0858 e. The van der Waals surface area contributed by atoms with Gasteiger partial charge in [-0.05, 0) is 24.2 Å². The minimum Gasteiger partial charge on any atom is -0.0858 e. The zero-order valence-electron chi connectivity index (χ0n) is 6.99. The molecule has 1 aliphatic rings. The summed E-state index contributed by atoms with van der Waals surface area (Å²) < 4.78 is 1.34. The molecule has 0 N–H and O–H groups in total. The summed E-state index contributed by atoms with van der Waals surface area (Å²) in [6.07, 6.45) is 5.83. The number of hydrogen-bond donors (Lipinski definition) is 0. The Labute approximate surface area is 77.9 Å². The van der Waals surface area contributed by atoms with Crippen LogP contribution in [0.25, 0.3) is 0 Å². The molecule has 0 aromatic carbocycles. The van der Waals surface area contributed by atoms with Crippen molar-refractivity contribution in [3.8, 4) is 0 Å². The predicted octanol–water partition coefficient (Wildman–Crippen LogP) is 3.64. The van der Waals surface area contributed by atoms with Gasteiger partial charge in [0.05, 0.1) is 0 Å². The van der Waals surface area contributed by atoms with Crippen molar-refractivity contribution in [2.45, 2.75) is 39.5 Å². The molecule has 1 fully saturated rings. The Hall–Kier alpha value is 0.730. The summed E-state index contributed by atoms with van der Waals surface area (Å²) in [5.41, 5.74) is 0.688. The lowest BCUT2D eigenvalue weighted by atomic mass is 9.74. The third kappa shape index (κ3) is 2.11. The molecular formula is C9H17I. The van der Waals surface area contributed by atoms with Crippen LogP contribution >= 0.6 is 22.6 Å². The van der Waals surface area contributed by atoms with Gasteiger partial charge >= 0.3 is 0 Å². The predicted molar refractivity (Wildman–Crippen MR) is 54.6 cm³/mol. The number of alkyl halides is 1. The van der Waals surface area contributed by atoms with Crippen molar-refractivity contribution in [3.05, 3.63) is 0 Å². The Bertz CT molecular complexity index is 101. The second-order valence-electron chi connectivity index (χ2n) is 4.13. The van der Waals surface area contributed by atoms with Gasteiger partial charge in [-0.3, -0.25) is 0 Å².